The molecule has 8 nitrogen and oxygen atoms in total. The lowest BCUT2D eigenvalue weighted by Gasteiger charge is -2.37. The molecular weight excluding hydrogens is 582 g/mol. The van der Waals surface area contributed by atoms with Crippen molar-refractivity contribution in [3.05, 3.63) is 63.4 Å². The SMILES string of the molecule is C[C@H](N)C(=O)O[C@@H]1CC[C@H](NC(=O)[C@@H]2N[C@H](CC(C)(C)C)[C@]3(C(=O)Nc4cc(Cl)ccc43)[C@H]2c2cccc(Cl)c2F)C1. The Morgan fingerprint density at radius 3 is 2.64 bits per heavy atom. The van der Waals surface area contributed by atoms with Crippen molar-refractivity contribution < 1.29 is 23.5 Å². The van der Waals surface area contributed by atoms with Crippen molar-refractivity contribution in [3.63, 3.8) is 0 Å². The molecule has 1 aliphatic carbocycles. The fraction of sp³-hybridized carbons (Fsp3) is 0.516. The van der Waals surface area contributed by atoms with Crippen LogP contribution in [0, 0.1) is 11.2 Å². The number of halogens is 3. The second-order valence-electron chi connectivity index (χ2n) is 13.0. The summed E-state index contributed by atoms with van der Waals surface area (Å²) >= 11 is 12.6. The molecule has 1 saturated heterocycles. The number of benzene rings is 2. The third kappa shape index (κ3) is 5.52. The van der Waals surface area contributed by atoms with E-state index < -0.39 is 41.2 Å². The van der Waals surface area contributed by atoms with Crippen molar-refractivity contribution in [1.82, 2.24) is 10.6 Å². The summed E-state index contributed by atoms with van der Waals surface area (Å²) in [5, 5.41) is 9.90. The zero-order chi connectivity index (χ0) is 30.6. The van der Waals surface area contributed by atoms with Gasteiger partial charge in [-0.25, -0.2) is 4.39 Å². The number of fused-ring (bicyclic) bond motifs is 2. The standard InChI is InChI=1S/C31H37Cl2FN4O4/c1-15(35)28(40)42-18-10-9-17(13-18)36-27(39)26-24(19-6-5-7-21(33)25(19)34)31(23(38-26)14-30(2,3)4)20-11-8-16(32)12-22(20)37-29(31)41/h5-8,11-12,15,17-18,23-24,26,38H,9-10,13-14,35H2,1-4H3,(H,36,39)(H,37,41)/t15-,17-,18+,23+,24-,26+,31-/m0/s1. The minimum absolute atomic E-state index is 0.0922. The van der Waals surface area contributed by atoms with Crippen molar-refractivity contribution in [1.29, 1.82) is 0 Å². The molecule has 226 valence electrons. The molecule has 2 fully saturated rings. The lowest BCUT2D eigenvalue weighted by atomic mass is 9.62. The van der Waals surface area contributed by atoms with Gasteiger partial charge in [-0.1, -0.05) is 62.2 Å². The van der Waals surface area contributed by atoms with Gasteiger partial charge in [-0.2, -0.15) is 0 Å². The molecule has 7 atom stereocenters. The molecule has 2 heterocycles. The average Bonchev–Trinajstić information content (AvgIpc) is 3.55. The summed E-state index contributed by atoms with van der Waals surface area (Å²) in [5.74, 6) is -2.78. The van der Waals surface area contributed by atoms with E-state index in [1.807, 2.05) is 0 Å². The maximum atomic E-state index is 15.9. The van der Waals surface area contributed by atoms with Crippen molar-refractivity contribution in [3.8, 4) is 0 Å². The Morgan fingerprint density at radius 1 is 1.21 bits per heavy atom. The molecule has 0 bridgehead atoms. The molecule has 42 heavy (non-hydrogen) atoms. The Kier molecular flexibility index (Phi) is 8.35. The quantitative estimate of drug-likeness (QED) is 0.345. The summed E-state index contributed by atoms with van der Waals surface area (Å²) in [6, 6.07) is 7.34. The van der Waals surface area contributed by atoms with E-state index in [0.717, 1.165) is 0 Å². The Bertz CT molecular complexity index is 1410. The Morgan fingerprint density at radius 2 is 1.95 bits per heavy atom. The molecule has 2 amide bonds. The van der Waals surface area contributed by atoms with E-state index >= 15 is 4.39 Å². The van der Waals surface area contributed by atoms with Crippen LogP contribution < -0.4 is 21.7 Å². The van der Waals surface area contributed by atoms with Crippen LogP contribution in [-0.2, 0) is 24.5 Å². The number of nitrogens with two attached hydrogens (primary N) is 1. The highest BCUT2D eigenvalue weighted by Gasteiger charge is 2.66. The van der Waals surface area contributed by atoms with Gasteiger partial charge in [0.25, 0.3) is 0 Å². The summed E-state index contributed by atoms with van der Waals surface area (Å²) in [6.45, 7) is 7.74. The number of rotatable bonds is 6. The van der Waals surface area contributed by atoms with E-state index in [2.05, 4.69) is 36.7 Å². The topological polar surface area (TPSA) is 123 Å². The number of anilines is 1. The molecular formula is C31H37Cl2FN4O4. The number of carbonyl (C=O) groups is 3. The molecule has 5 rings (SSSR count). The summed E-state index contributed by atoms with van der Waals surface area (Å²) < 4.78 is 21.4. The summed E-state index contributed by atoms with van der Waals surface area (Å²) in [6.07, 6.45) is 1.78. The van der Waals surface area contributed by atoms with E-state index in [-0.39, 0.29) is 40.0 Å². The first-order chi connectivity index (χ1) is 19.7. The largest absolute Gasteiger partial charge is 0.461 e. The second kappa shape index (κ2) is 11.4. The third-order valence-electron chi connectivity index (χ3n) is 8.61. The van der Waals surface area contributed by atoms with Crippen LogP contribution in [0.4, 0.5) is 10.1 Å². The van der Waals surface area contributed by atoms with Crippen molar-refractivity contribution >= 4 is 46.7 Å². The van der Waals surface area contributed by atoms with Crippen LogP contribution in [0.15, 0.2) is 36.4 Å². The van der Waals surface area contributed by atoms with Crippen LogP contribution in [0.25, 0.3) is 0 Å². The number of hydrogen-bond donors (Lipinski definition) is 4. The first-order valence-electron chi connectivity index (χ1n) is 14.3. The Balaban J connectivity index is 1.57. The lowest BCUT2D eigenvalue weighted by Crippen LogP contribution is -2.49. The van der Waals surface area contributed by atoms with Gasteiger partial charge in [0.2, 0.25) is 11.8 Å². The third-order valence-corrected chi connectivity index (χ3v) is 9.13. The van der Waals surface area contributed by atoms with Gasteiger partial charge in [0.15, 0.2) is 0 Å². The minimum atomic E-state index is -1.33. The van der Waals surface area contributed by atoms with Gasteiger partial charge in [0.1, 0.15) is 23.4 Å². The molecule has 11 heteroatoms. The van der Waals surface area contributed by atoms with Gasteiger partial charge in [0, 0.05) is 35.1 Å². The Hall–Kier alpha value is -2.72. The second-order valence-corrected chi connectivity index (χ2v) is 13.8. The predicted molar refractivity (Wildman–Crippen MR) is 160 cm³/mol. The van der Waals surface area contributed by atoms with E-state index in [1.165, 1.54) is 6.07 Å². The number of amides is 2. The zero-order valence-electron chi connectivity index (χ0n) is 24.1. The van der Waals surface area contributed by atoms with Gasteiger partial charge >= 0.3 is 5.97 Å². The van der Waals surface area contributed by atoms with E-state index in [4.69, 9.17) is 33.7 Å². The number of hydrogen-bond acceptors (Lipinski definition) is 6. The molecule has 0 unspecified atom stereocenters. The molecule has 1 spiro atoms. The number of nitrogens with one attached hydrogen (secondary N) is 3. The minimum Gasteiger partial charge on any atom is -0.461 e. The normalized spacial score (nSPS) is 29.3. The van der Waals surface area contributed by atoms with E-state index in [9.17, 15) is 14.4 Å². The molecule has 2 aliphatic heterocycles. The monoisotopic (exact) mass is 618 g/mol. The summed E-state index contributed by atoms with van der Waals surface area (Å²) in [4.78, 5) is 40.4. The van der Waals surface area contributed by atoms with E-state index in [1.54, 1.807) is 37.3 Å². The van der Waals surface area contributed by atoms with E-state index in [0.29, 0.717) is 42.0 Å². The van der Waals surface area contributed by atoms with Gasteiger partial charge in [-0.05, 0) is 60.9 Å². The highest BCUT2D eigenvalue weighted by Crippen LogP contribution is 2.57. The fourth-order valence-corrected chi connectivity index (χ4v) is 7.25. The molecule has 5 N–H and O–H groups in total. The first kappa shape index (κ1) is 30.7. The van der Waals surface area contributed by atoms with Gasteiger partial charge in [-0.3, -0.25) is 14.4 Å². The van der Waals surface area contributed by atoms with Crippen LogP contribution in [0.2, 0.25) is 10.0 Å². The number of ether oxygens (including phenoxy) is 1. The molecule has 2 aromatic rings. The maximum absolute atomic E-state index is 15.9. The van der Waals surface area contributed by atoms with Crippen molar-refractivity contribution in [2.45, 2.75) is 95.0 Å². The Labute approximate surface area is 255 Å². The predicted octanol–water partition coefficient (Wildman–Crippen LogP) is 4.81. The summed E-state index contributed by atoms with van der Waals surface area (Å²) in [5.41, 5.74) is 5.44. The maximum Gasteiger partial charge on any atom is 0.322 e. The van der Waals surface area contributed by atoms with Crippen LogP contribution in [0.5, 0.6) is 0 Å². The number of esters is 1. The summed E-state index contributed by atoms with van der Waals surface area (Å²) in [7, 11) is 0. The fourth-order valence-electron chi connectivity index (χ4n) is 6.89. The van der Waals surface area contributed by atoms with Crippen LogP contribution in [-0.4, -0.2) is 48.1 Å². The smallest absolute Gasteiger partial charge is 0.322 e. The van der Waals surface area contributed by atoms with Crippen LogP contribution in [0.3, 0.4) is 0 Å². The average molecular weight is 620 g/mol. The molecule has 0 aromatic heterocycles. The highest BCUT2D eigenvalue weighted by atomic mass is 35.5. The molecule has 0 radical (unpaired) electrons. The van der Waals surface area contributed by atoms with Crippen LogP contribution in [0.1, 0.15) is 70.4 Å². The number of carbonyl (C=O) groups excluding carboxylic acids is 3. The lowest BCUT2D eigenvalue weighted by molar-refractivity contribution is -0.149. The van der Waals surface area contributed by atoms with Crippen molar-refractivity contribution in [2.75, 3.05) is 5.32 Å². The molecule has 3 aliphatic rings. The van der Waals surface area contributed by atoms with Gasteiger partial charge < -0.3 is 26.4 Å². The zero-order valence-corrected chi connectivity index (χ0v) is 25.6. The first-order valence-corrected chi connectivity index (χ1v) is 15.1. The van der Waals surface area contributed by atoms with Gasteiger partial charge in [-0.15, -0.1) is 0 Å². The highest BCUT2D eigenvalue weighted by molar-refractivity contribution is 6.31. The molecule has 1 saturated carbocycles. The van der Waals surface area contributed by atoms with Crippen molar-refractivity contribution in [2.24, 2.45) is 11.1 Å². The molecule has 2 aromatic carbocycles. The van der Waals surface area contributed by atoms with Crippen LogP contribution >= 0.6 is 23.2 Å². The van der Waals surface area contributed by atoms with Gasteiger partial charge in [0.05, 0.1) is 11.1 Å².